The number of rotatable bonds is 6. The van der Waals surface area contributed by atoms with Gasteiger partial charge in [-0.25, -0.2) is 4.98 Å². The summed E-state index contributed by atoms with van der Waals surface area (Å²) in [6.45, 7) is 3.11. The molecule has 0 saturated carbocycles. The summed E-state index contributed by atoms with van der Waals surface area (Å²) in [6, 6.07) is 7.04. The third-order valence-corrected chi connectivity index (χ3v) is 5.28. The molecule has 3 aromatic heterocycles. The molecule has 0 aliphatic carbocycles. The van der Waals surface area contributed by atoms with Crippen LogP contribution in [0, 0.1) is 0 Å². The Morgan fingerprint density at radius 1 is 1.13 bits per heavy atom. The molecular formula is C21H23F2N5O2. The standard InChI is InChI=1S/C21H23F2N5O2/c1-2-15-10-17-18(26-20(15)29)9-14(11-24-17)13-27-5-7-28(8-6-27)16-3-4-19(25-12-16)30-21(22)23/h3-4,9-12,21H,2,5-8,13H2,1H3,(H,26,29). The van der Waals surface area contributed by atoms with Gasteiger partial charge < -0.3 is 14.6 Å². The second-order valence-corrected chi connectivity index (χ2v) is 7.25. The summed E-state index contributed by atoms with van der Waals surface area (Å²) in [5, 5.41) is 0. The third-order valence-electron chi connectivity index (χ3n) is 5.28. The second-order valence-electron chi connectivity index (χ2n) is 7.25. The van der Waals surface area contributed by atoms with Crippen molar-refractivity contribution in [2.24, 2.45) is 0 Å². The minimum absolute atomic E-state index is 0.0591. The van der Waals surface area contributed by atoms with E-state index in [1.54, 1.807) is 12.3 Å². The summed E-state index contributed by atoms with van der Waals surface area (Å²) in [6.07, 6.45) is 4.09. The van der Waals surface area contributed by atoms with Crippen LogP contribution < -0.4 is 15.2 Å². The van der Waals surface area contributed by atoms with Gasteiger partial charge in [-0.2, -0.15) is 8.78 Å². The predicted molar refractivity (Wildman–Crippen MR) is 110 cm³/mol. The molecule has 30 heavy (non-hydrogen) atoms. The normalized spacial score (nSPS) is 15.1. The van der Waals surface area contributed by atoms with Gasteiger partial charge in [0.2, 0.25) is 5.88 Å². The second kappa shape index (κ2) is 8.74. The number of nitrogens with zero attached hydrogens (tertiary/aromatic N) is 4. The first-order valence-corrected chi connectivity index (χ1v) is 9.91. The quantitative estimate of drug-likeness (QED) is 0.667. The van der Waals surface area contributed by atoms with Gasteiger partial charge in [0.1, 0.15) is 0 Å². The van der Waals surface area contributed by atoms with Crippen LogP contribution in [0.4, 0.5) is 14.5 Å². The minimum Gasteiger partial charge on any atom is -0.417 e. The number of halogens is 2. The minimum atomic E-state index is -2.87. The van der Waals surface area contributed by atoms with Crippen molar-refractivity contribution in [3.63, 3.8) is 0 Å². The number of piperazine rings is 1. The number of ether oxygens (including phenoxy) is 1. The fourth-order valence-corrected chi connectivity index (χ4v) is 3.66. The van der Waals surface area contributed by atoms with E-state index in [0.29, 0.717) is 6.42 Å². The molecule has 0 atom stereocenters. The molecule has 0 aromatic carbocycles. The number of fused-ring (bicyclic) bond motifs is 1. The number of nitrogens with one attached hydrogen (secondary N) is 1. The number of aryl methyl sites for hydroxylation is 1. The van der Waals surface area contributed by atoms with E-state index in [1.807, 2.05) is 25.3 Å². The van der Waals surface area contributed by atoms with Crippen molar-refractivity contribution in [2.75, 3.05) is 31.1 Å². The average molecular weight is 415 g/mol. The molecule has 4 heterocycles. The van der Waals surface area contributed by atoms with Crippen LogP contribution in [0.3, 0.4) is 0 Å². The van der Waals surface area contributed by atoms with Crippen molar-refractivity contribution < 1.29 is 13.5 Å². The van der Waals surface area contributed by atoms with Gasteiger partial charge in [0.15, 0.2) is 0 Å². The Balaban J connectivity index is 1.37. The lowest BCUT2D eigenvalue weighted by Gasteiger charge is -2.35. The van der Waals surface area contributed by atoms with Crippen LogP contribution in [0.2, 0.25) is 0 Å². The first kappa shape index (κ1) is 20.2. The molecule has 7 nitrogen and oxygen atoms in total. The summed E-state index contributed by atoms with van der Waals surface area (Å²) in [5.74, 6) is -0.0831. The van der Waals surface area contributed by atoms with Crippen LogP contribution in [0.1, 0.15) is 18.1 Å². The van der Waals surface area contributed by atoms with E-state index in [-0.39, 0.29) is 11.4 Å². The smallest absolute Gasteiger partial charge is 0.388 e. The monoisotopic (exact) mass is 415 g/mol. The van der Waals surface area contributed by atoms with Crippen molar-refractivity contribution in [3.05, 3.63) is 58.1 Å². The summed E-state index contributed by atoms with van der Waals surface area (Å²) in [5.41, 5.74) is 4.16. The van der Waals surface area contributed by atoms with Crippen molar-refractivity contribution in [1.29, 1.82) is 0 Å². The molecule has 0 spiro atoms. The number of anilines is 1. The molecule has 0 radical (unpaired) electrons. The molecule has 1 N–H and O–H groups in total. The maximum Gasteiger partial charge on any atom is 0.388 e. The zero-order valence-electron chi connectivity index (χ0n) is 16.6. The Labute approximate surface area is 172 Å². The number of pyridine rings is 3. The van der Waals surface area contributed by atoms with Crippen LogP contribution in [-0.4, -0.2) is 52.6 Å². The van der Waals surface area contributed by atoms with Gasteiger partial charge in [-0.1, -0.05) is 6.92 Å². The molecule has 3 aromatic rings. The topological polar surface area (TPSA) is 74.4 Å². The van der Waals surface area contributed by atoms with Gasteiger partial charge in [-0.15, -0.1) is 0 Å². The predicted octanol–water partition coefficient (Wildman–Crippen LogP) is 2.80. The van der Waals surface area contributed by atoms with Crippen molar-refractivity contribution >= 4 is 16.7 Å². The van der Waals surface area contributed by atoms with Gasteiger partial charge in [0, 0.05) is 50.6 Å². The van der Waals surface area contributed by atoms with E-state index < -0.39 is 6.61 Å². The van der Waals surface area contributed by atoms with Gasteiger partial charge in [-0.3, -0.25) is 14.7 Å². The Hall–Kier alpha value is -3.07. The average Bonchev–Trinajstić information content (AvgIpc) is 2.74. The largest absolute Gasteiger partial charge is 0.417 e. The van der Waals surface area contributed by atoms with Gasteiger partial charge >= 0.3 is 6.61 Å². The first-order valence-electron chi connectivity index (χ1n) is 9.91. The zero-order valence-corrected chi connectivity index (χ0v) is 16.6. The summed E-state index contributed by atoms with van der Waals surface area (Å²) < 4.78 is 28.8. The first-order chi connectivity index (χ1) is 14.5. The summed E-state index contributed by atoms with van der Waals surface area (Å²) in [7, 11) is 0. The van der Waals surface area contributed by atoms with Crippen LogP contribution in [0.5, 0.6) is 5.88 Å². The lowest BCUT2D eigenvalue weighted by Crippen LogP contribution is -2.46. The van der Waals surface area contributed by atoms with Crippen LogP contribution >= 0.6 is 0 Å². The van der Waals surface area contributed by atoms with Crippen LogP contribution in [0.25, 0.3) is 11.0 Å². The van der Waals surface area contributed by atoms with E-state index in [0.717, 1.165) is 60.6 Å². The van der Waals surface area contributed by atoms with Crippen molar-refractivity contribution in [3.8, 4) is 5.88 Å². The number of aromatic amines is 1. The van der Waals surface area contributed by atoms with Crippen LogP contribution in [0.15, 0.2) is 41.5 Å². The highest BCUT2D eigenvalue weighted by molar-refractivity contribution is 5.74. The maximum absolute atomic E-state index is 12.2. The molecule has 1 saturated heterocycles. The van der Waals surface area contributed by atoms with E-state index in [4.69, 9.17) is 0 Å². The fraction of sp³-hybridized carbons (Fsp3) is 0.381. The van der Waals surface area contributed by atoms with E-state index in [1.165, 1.54) is 6.07 Å². The highest BCUT2D eigenvalue weighted by atomic mass is 19.3. The highest BCUT2D eigenvalue weighted by Gasteiger charge is 2.18. The maximum atomic E-state index is 12.2. The molecule has 0 unspecified atom stereocenters. The SMILES string of the molecule is CCc1cc2ncc(CN3CCN(c4ccc(OC(F)F)nc4)CC3)cc2[nH]c1=O. The highest BCUT2D eigenvalue weighted by Crippen LogP contribution is 2.20. The lowest BCUT2D eigenvalue weighted by molar-refractivity contribution is -0.0528. The molecule has 4 rings (SSSR count). The van der Waals surface area contributed by atoms with E-state index in [2.05, 4.69) is 29.5 Å². The molecule has 1 aliphatic rings. The fourth-order valence-electron chi connectivity index (χ4n) is 3.66. The Bertz CT molecular complexity index is 1060. The molecule has 9 heteroatoms. The summed E-state index contributed by atoms with van der Waals surface area (Å²) >= 11 is 0. The Kier molecular flexibility index (Phi) is 5.89. The van der Waals surface area contributed by atoms with E-state index in [9.17, 15) is 13.6 Å². The molecule has 1 fully saturated rings. The van der Waals surface area contributed by atoms with Crippen molar-refractivity contribution in [1.82, 2.24) is 19.9 Å². The number of hydrogen-bond acceptors (Lipinski definition) is 6. The number of alkyl halides is 2. The van der Waals surface area contributed by atoms with Gasteiger partial charge in [-0.05, 0) is 30.2 Å². The Morgan fingerprint density at radius 3 is 2.60 bits per heavy atom. The lowest BCUT2D eigenvalue weighted by atomic mass is 10.1. The molecule has 158 valence electrons. The summed E-state index contributed by atoms with van der Waals surface area (Å²) in [4.78, 5) is 27.9. The van der Waals surface area contributed by atoms with Gasteiger partial charge in [0.05, 0.1) is 22.9 Å². The van der Waals surface area contributed by atoms with E-state index >= 15 is 0 Å². The molecule has 0 amide bonds. The molecule has 1 aliphatic heterocycles. The molecule has 0 bridgehead atoms. The molecular weight excluding hydrogens is 392 g/mol. The Morgan fingerprint density at radius 2 is 1.93 bits per heavy atom. The third kappa shape index (κ3) is 4.56. The van der Waals surface area contributed by atoms with Crippen molar-refractivity contribution in [2.45, 2.75) is 26.5 Å². The van der Waals surface area contributed by atoms with Gasteiger partial charge in [0.25, 0.3) is 5.56 Å². The number of hydrogen-bond donors (Lipinski definition) is 1. The number of aromatic nitrogens is 3. The van der Waals surface area contributed by atoms with Crippen LogP contribution in [-0.2, 0) is 13.0 Å². The number of H-pyrrole nitrogens is 1. The zero-order chi connectivity index (χ0) is 21.1.